The first-order valence-corrected chi connectivity index (χ1v) is 9.60. The normalized spacial score (nSPS) is 10.3. The van der Waals surface area contributed by atoms with Crippen molar-refractivity contribution in [1.82, 2.24) is 0 Å². The van der Waals surface area contributed by atoms with Gasteiger partial charge in [-0.1, -0.05) is 18.2 Å². The van der Waals surface area contributed by atoms with E-state index < -0.39 is 11.9 Å². The number of rotatable bonds is 8. The number of esters is 1. The average Bonchev–Trinajstić information content (AvgIpc) is 2.63. The minimum absolute atomic E-state index is 0.0844. The maximum Gasteiger partial charge on any atom is 0.307 e. The predicted octanol–water partition coefficient (Wildman–Crippen LogP) is 4.17. The van der Waals surface area contributed by atoms with Gasteiger partial charge in [0.05, 0.1) is 6.42 Å². The highest BCUT2D eigenvalue weighted by molar-refractivity contribution is 7.99. The molecule has 0 fully saturated rings. The molecular formula is C21H23NO4S. The molecule has 0 heterocycles. The fraction of sp³-hybridized carbons (Fsp3) is 0.286. The molecule has 2 rings (SSSR count). The largest absolute Gasteiger partial charge is 0.456 e. The van der Waals surface area contributed by atoms with Crippen LogP contribution < -0.4 is 5.32 Å². The van der Waals surface area contributed by atoms with E-state index >= 15 is 0 Å². The average molecular weight is 385 g/mol. The molecule has 0 saturated heterocycles. The van der Waals surface area contributed by atoms with Crippen molar-refractivity contribution in [3.63, 3.8) is 0 Å². The summed E-state index contributed by atoms with van der Waals surface area (Å²) in [5.41, 5.74) is 3.45. The molecule has 0 saturated carbocycles. The van der Waals surface area contributed by atoms with Crippen molar-refractivity contribution in [2.45, 2.75) is 32.1 Å². The third-order valence-corrected chi connectivity index (χ3v) is 4.97. The van der Waals surface area contributed by atoms with Gasteiger partial charge in [0.15, 0.2) is 12.4 Å². The Labute approximate surface area is 163 Å². The Kier molecular flexibility index (Phi) is 7.61. The lowest BCUT2D eigenvalue weighted by atomic mass is 10.1. The Morgan fingerprint density at radius 3 is 2.52 bits per heavy atom. The molecule has 0 aliphatic heterocycles. The maximum absolute atomic E-state index is 11.9. The number of ketones is 1. The van der Waals surface area contributed by atoms with Crippen LogP contribution in [0.1, 0.15) is 34.8 Å². The van der Waals surface area contributed by atoms with Crippen molar-refractivity contribution < 1.29 is 19.1 Å². The van der Waals surface area contributed by atoms with E-state index in [2.05, 4.69) is 31.3 Å². The van der Waals surface area contributed by atoms with Gasteiger partial charge in [0.1, 0.15) is 0 Å². The number of carbonyl (C=O) groups is 3. The summed E-state index contributed by atoms with van der Waals surface area (Å²) in [6.07, 6.45) is 0.227. The Morgan fingerprint density at radius 1 is 1.04 bits per heavy atom. The van der Waals surface area contributed by atoms with E-state index in [0.717, 1.165) is 4.90 Å². The van der Waals surface area contributed by atoms with Crippen LogP contribution in [0.2, 0.25) is 0 Å². The Bertz CT molecular complexity index is 848. The number of benzene rings is 2. The van der Waals surface area contributed by atoms with Gasteiger partial charge in [0.25, 0.3) is 5.91 Å². The molecule has 2 aromatic carbocycles. The van der Waals surface area contributed by atoms with E-state index in [1.807, 2.05) is 6.07 Å². The second-order valence-electron chi connectivity index (χ2n) is 6.19. The van der Waals surface area contributed by atoms with Crippen LogP contribution in [0, 0.1) is 13.8 Å². The van der Waals surface area contributed by atoms with Crippen molar-refractivity contribution in [3.05, 3.63) is 59.2 Å². The van der Waals surface area contributed by atoms with Gasteiger partial charge >= 0.3 is 5.97 Å². The number of aryl methyl sites for hydroxylation is 2. The zero-order chi connectivity index (χ0) is 19.8. The van der Waals surface area contributed by atoms with Crippen LogP contribution in [0.4, 0.5) is 5.69 Å². The molecule has 0 spiro atoms. The summed E-state index contributed by atoms with van der Waals surface area (Å²) in [7, 11) is 0. The Hall–Kier alpha value is -2.60. The molecule has 0 aliphatic rings. The summed E-state index contributed by atoms with van der Waals surface area (Å²) in [6, 6.07) is 12.8. The number of nitrogens with one attached hydrogen (secondary N) is 1. The number of carbonyl (C=O) groups excluding carboxylic acids is 3. The maximum atomic E-state index is 11.9. The van der Waals surface area contributed by atoms with Gasteiger partial charge < -0.3 is 10.1 Å². The lowest BCUT2D eigenvalue weighted by Crippen LogP contribution is -2.21. The van der Waals surface area contributed by atoms with Gasteiger partial charge in [-0.15, -0.1) is 11.8 Å². The first kappa shape index (κ1) is 20.7. The van der Waals surface area contributed by atoms with Gasteiger partial charge in [0.2, 0.25) is 0 Å². The van der Waals surface area contributed by atoms with Gasteiger partial charge in [-0.05, 0) is 56.2 Å². The molecule has 0 aromatic heterocycles. The highest BCUT2D eigenvalue weighted by Gasteiger charge is 2.09. The Morgan fingerprint density at radius 2 is 1.81 bits per heavy atom. The monoisotopic (exact) mass is 385 g/mol. The van der Waals surface area contributed by atoms with E-state index in [9.17, 15) is 14.4 Å². The molecule has 0 bridgehead atoms. The molecular weight excluding hydrogens is 362 g/mol. The lowest BCUT2D eigenvalue weighted by molar-refractivity contribution is -0.146. The number of ether oxygens (including phenoxy) is 1. The van der Waals surface area contributed by atoms with Crippen molar-refractivity contribution >= 4 is 35.1 Å². The molecule has 0 radical (unpaired) electrons. The summed E-state index contributed by atoms with van der Waals surface area (Å²) in [6.45, 7) is 5.22. The van der Waals surface area contributed by atoms with Crippen molar-refractivity contribution in [1.29, 1.82) is 0 Å². The number of hydrogen-bond acceptors (Lipinski definition) is 5. The summed E-state index contributed by atoms with van der Waals surface area (Å²) in [4.78, 5) is 36.1. The fourth-order valence-electron chi connectivity index (χ4n) is 2.29. The minimum Gasteiger partial charge on any atom is -0.456 e. The van der Waals surface area contributed by atoms with Crippen molar-refractivity contribution in [3.8, 4) is 0 Å². The van der Waals surface area contributed by atoms with Crippen LogP contribution in [0.25, 0.3) is 0 Å². The van der Waals surface area contributed by atoms with Gasteiger partial charge in [-0.3, -0.25) is 14.4 Å². The van der Waals surface area contributed by atoms with Gasteiger partial charge in [-0.25, -0.2) is 0 Å². The SMILES string of the molecule is CC(=O)c1cccc(NC(=O)COC(=O)CCSc2ccc(C)c(C)c2)c1. The van der Waals surface area contributed by atoms with Crippen molar-refractivity contribution in [2.75, 3.05) is 17.7 Å². The molecule has 5 nitrogen and oxygen atoms in total. The molecule has 2 aromatic rings. The molecule has 142 valence electrons. The van der Waals surface area contributed by atoms with Crippen LogP contribution in [0.3, 0.4) is 0 Å². The third-order valence-electron chi connectivity index (χ3n) is 3.97. The molecule has 27 heavy (non-hydrogen) atoms. The Balaban J connectivity index is 1.71. The summed E-state index contributed by atoms with van der Waals surface area (Å²) >= 11 is 1.58. The number of thioether (sulfide) groups is 1. The minimum atomic E-state index is -0.439. The molecule has 0 unspecified atom stereocenters. The van der Waals surface area contributed by atoms with Crippen LogP contribution in [-0.2, 0) is 14.3 Å². The van der Waals surface area contributed by atoms with Crippen LogP contribution in [0.5, 0.6) is 0 Å². The van der Waals surface area contributed by atoms with E-state index in [4.69, 9.17) is 4.74 Å². The van der Waals surface area contributed by atoms with Crippen LogP contribution in [0.15, 0.2) is 47.4 Å². The highest BCUT2D eigenvalue weighted by Crippen LogP contribution is 2.21. The van der Waals surface area contributed by atoms with E-state index in [0.29, 0.717) is 17.0 Å². The first-order valence-electron chi connectivity index (χ1n) is 8.61. The number of amides is 1. The fourth-order valence-corrected chi connectivity index (χ4v) is 3.22. The quantitative estimate of drug-likeness (QED) is 0.419. The van der Waals surface area contributed by atoms with Crippen molar-refractivity contribution in [2.24, 2.45) is 0 Å². The van der Waals surface area contributed by atoms with E-state index in [1.165, 1.54) is 18.1 Å². The first-order chi connectivity index (χ1) is 12.8. The number of Topliss-reactive ketones (excluding diaryl/α,β-unsaturated/α-hetero) is 1. The van der Waals surface area contributed by atoms with E-state index in [1.54, 1.807) is 36.0 Å². The highest BCUT2D eigenvalue weighted by atomic mass is 32.2. The second kappa shape index (κ2) is 9.92. The van der Waals surface area contributed by atoms with Gasteiger partial charge in [0, 0.05) is 21.9 Å². The second-order valence-corrected chi connectivity index (χ2v) is 7.36. The lowest BCUT2D eigenvalue weighted by Gasteiger charge is -2.08. The molecule has 0 atom stereocenters. The third kappa shape index (κ3) is 6.90. The summed E-state index contributed by atoms with van der Waals surface area (Å²) in [5, 5.41) is 2.61. The van der Waals surface area contributed by atoms with Gasteiger partial charge in [-0.2, -0.15) is 0 Å². The van der Waals surface area contributed by atoms with E-state index in [-0.39, 0.29) is 18.8 Å². The standard InChI is InChI=1S/C21H23NO4S/c1-14-7-8-19(11-15(14)2)27-10-9-21(25)26-13-20(24)22-18-6-4-5-17(12-18)16(3)23/h4-8,11-12H,9-10,13H2,1-3H3,(H,22,24). The molecule has 1 amide bonds. The number of anilines is 1. The van der Waals surface area contributed by atoms with Crippen LogP contribution in [-0.4, -0.2) is 30.0 Å². The zero-order valence-electron chi connectivity index (χ0n) is 15.7. The molecule has 6 heteroatoms. The van der Waals surface area contributed by atoms with Crippen LogP contribution >= 0.6 is 11.8 Å². The number of hydrogen-bond donors (Lipinski definition) is 1. The smallest absolute Gasteiger partial charge is 0.307 e. The zero-order valence-corrected chi connectivity index (χ0v) is 16.5. The summed E-state index contributed by atoms with van der Waals surface area (Å²) < 4.78 is 5.00. The molecule has 0 aliphatic carbocycles. The predicted molar refractivity (Wildman–Crippen MR) is 107 cm³/mol. The topological polar surface area (TPSA) is 72.5 Å². The molecule has 1 N–H and O–H groups in total. The summed E-state index contributed by atoms with van der Waals surface area (Å²) in [5.74, 6) is -0.354.